The van der Waals surface area contributed by atoms with E-state index in [9.17, 15) is 4.79 Å². The molecular weight excluding hydrogens is 292 g/mol. The molecule has 0 saturated carbocycles. The highest BCUT2D eigenvalue weighted by molar-refractivity contribution is 7.99. The minimum atomic E-state index is 0. The number of hydrogen-bond donors (Lipinski definition) is 2. The van der Waals surface area contributed by atoms with Crippen molar-refractivity contribution in [2.24, 2.45) is 5.73 Å². The van der Waals surface area contributed by atoms with E-state index in [1.165, 1.54) is 4.90 Å². The van der Waals surface area contributed by atoms with Crippen LogP contribution in [0.3, 0.4) is 0 Å². The molecule has 3 N–H and O–H groups in total. The molecule has 0 saturated heterocycles. The Morgan fingerprint density at radius 3 is 2.50 bits per heavy atom. The molecule has 0 fully saturated rings. The van der Waals surface area contributed by atoms with Crippen molar-refractivity contribution < 1.29 is 4.79 Å². The summed E-state index contributed by atoms with van der Waals surface area (Å²) in [5.41, 5.74) is 5.42. The van der Waals surface area contributed by atoms with Gasteiger partial charge in [-0.05, 0) is 31.5 Å². The predicted octanol–water partition coefficient (Wildman–Crippen LogP) is 3.23. The first-order chi connectivity index (χ1) is 9.33. The predicted molar refractivity (Wildman–Crippen MR) is 89.6 cm³/mol. The van der Waals surface area contributed by atoms with Crippen LogP contribution in [0.2, 0.25) is 0 Å². The number of carbonyl (C=O) groups excluding carboxylic acids is 1. The van der Waals surface area contributed by atoms with Gasteiger partial charge in [-0.25, -0.2) is 0 Å². The van der Waals surface area contributed by atoms with E-state index < -0.39 is 0 Å². The third-order valence-electron chi connectivity index (χ3n) is 2.79. The quantitative estimate of drug-likeness (QED) is 0.515. The summed E-state index contributed by atoms with van der Waals surface area (Å²) in [6.07, 6.45) is 4.91. The van der Waals surface area contributed by atoms with E-state index in [0.29, 0.717) is 6.42 Å². The summed E-state index contributed by atoms with van der Waals surface area (Å²) in [7, 11) is 0. The summed E-state index contributed by atoms with van der Waals surface area (Å²) in [6.45, 7) is 1.49. The normalized spacial score (nSPS) is 9.85. The topological polar surface area (TPSA) is 55.1 Å². The first-order valence-electron chi connectivity index (χ1n) is 6.97. The Kier molecular flexibility index (Phi) is 12.8. The number of rotatable bonds is 10. The van der Waals surface area contributed by atoms with Crippen LogP contribution in [0.5, 0.6) is 0 Å². The van der Waals surface area contributed by atoms with Gasteiger partial charge >= 0.3 is 0 Å². The largest absolute Gasteiger partial charge is 0.355 e. The number of amides is 1. The van der Waals surface area contributed by atoms with Crippen molar-refractivity contribution in [3.05, 3.63) is 30.3 Å². The van der Waals surface area contributed by atoms with Crippen molar-refractivity contribution in [2.45, 2.75) is 37.0 Å². The third-order valence-corrected chi connectivity index (χ3v) is 3.81. The van der Waals surface area contributed by atoms with Gasteiger partial charge in [-0.1, -0.05) is 31.0 Å². The van der Waals surface area contributed by atoms with Crippen LogP contribution in [0.4, 0.5) is 0 Å². The van der Waals surface area contributed by atoms with E-state index >= 15 is 0 Å². The lowest BCUT2D eigenvalue weighted by Gasteiger charge is -2.05. The Hall–Kier alpha value is -0.710. The Labute approximate surface area is 132 Å². The molecule has 0 heterocycles. The van der Waals surface area contributed by atoms with Gasteiger partial charge in [0.1, 0.15) is 0 Å². The van der Waals surface area contributed by atoms with Crippen LogP contribution in [-0.2, 0) is 4.79 Å². The molecule has 20 heavy (non-hydrogen) atoms. The first-order valence-corrected chi connectivity index (χ1v) is 7.96. The molecule has 0 aliphatic rings. The average Bonchev–Trinajstić information content (AvgIpc) is 2.44. The van der Waals surface area contributed by atoms with Gasteiger partial charge in [-0.15, -0.1) is 24.2 Å². The SMILES string of the molecule is Cl.NCCCCCCC(=O)NCCSc1ccccc1. The molecule has 114 valence electrons. The number of nitrogens with one attached hydrogen (secondary N) is 1. The van der Waals surface area contributed by atoms with Gasteiger partial charge < -0.3 is 11.1 Å². The van der Waals surface area contributed by atoms with Crippen LogP contribution in [0, 0.1) is 0 Å². The summed E-state index contributed by atoms with van der Waals surface area (Å²) in [4.78, 5) is 12.8. The number of halogens is 1. The van der Waals surface area contributed by atoms with Gasteiger partial charge in [0.05, 0.1) is 0 Å². The Morgan fingerprint density at radius 1 is 1.10 bits per heavy atom. The molecule has 1 amide bonds. The Bertz CT molecular complexity index is 349. The zero-order chi connectivity index (χ0) is 13.8. The van der Waals surface area contributed by atoms with E-state index in [-0.39, 0.29) is 18.3 Å². The standard InChI is InChI=1S/C15H24N2OS.ClH/c16-11-7-2-1-6-10-15(18)17-12-13-19-14-8-4-3-5-9-14;/h3-5,8-9H,1-2,6-7,10-13,16H2,(H,17,18);1H. The number of hydrogen-bond acceptors (Lipinski definition) is 3. The molecule has 0 aliphatic heterocycles. The van der Waals surface area contributed by atoms with Crippen LogP contribution < -0.4 is 11.1 Å². The van der Waals surface area contributed by atoms with Crippen molar-refractivity contribution in [3.8, 4) is 0 Å². The van der Waals surface area contributed by atoms with Crippen molar-refractivity contribution >= 4 is 30.1 Å². The molecule has 5 heteroatoms. The maximum atomic E-state index is 11.5. The van der Waals surface area contributed by atoms with E-state index in [4.69, 9.17) is 5.73 Å². The van der Waals surface area contributed by atoms with E-state index in [2.05, 4.69) is 17.4 Å². The molecule has 0 aromatic heterocycles. The highest BCUT2D eigenvalue weighted by Crippen LogP contribution is 2.15. The lowest BCUT2D eigenvalue weighted by atomic mass is 10.1. The summed E-state index contributed by atoms with van der Waals surface area (Å²) in [5.74, 6) is 1.09. The maximum absolute atomic E-state index is 11.5. The lowest BCUT2D eigenvalue weighted by molar-refractivity contribution is -0.121. The van der Waals surface area contributed by atoms with E-state index in [1.807, 2.05) is 18.2 Å². The molecule has 0 atom stereocenters. The second-order valence-corrected chi connectivity index (χ2v) is 5.63. The van der Waals surface area contributed by atoms with Crippen molar-refractivity contribution in [3.63, 3.8) is 0 Å². The summed E-state index contributed by atoms with van der Waals surface area (Å²) < 4.78 is 0. The molecule has 1 aromatic rings. The summed E-state index contributed by atoms with van der Waals surface area (Å²) in [6, 6.07) is 10.2. The zero-order valence-corrected chi connectivity index (χ0v) is 13.5. The molecule has 1 rings (SSSR count). The fraction of sp³-hybridized carbons (Fsp3) is 0.533. The fourth-order valence-electron chi connectivity index (χ4n) is 1.75. The van der Waals surface area contributed by atoms with Crippen LogP contribution in [0.25, 0.3) is 0 Å². The first kappa shape index (κ1) is 19.3. The van der Waals surface area contributed by atoms with Crippen molar-refractivity contribution in [2.75, 3.05) is 18.8 Å². The second-order valence-electron chi connectivity index (χ2n) is 4.46. The molecule has 0 spiro atoms. The highest BCUT2D eigenvalue weighted by atomic mass is 35.5. The Morgan fingerprint density at radius 2 is 1.80 bits per heavy atom. The minimum Gasteiger partial charge on any atom is -0.355 e. The number of carbonyl (C=O) groups is 1. The molecule has 0 aliphatic carbocycles. The van der Waals surface area contributed by atoms with Crippen LogP contribution in [0.15, 0.2) is 35.2 Å². The number of benzene rings is 1. The fourth-order valence-corrected chi connectivity index (χ4v) is 2.54. The summed E-state index contributed by atoms with van der Waals surface area (Å²) in [5, 5.41) is 2.96. The van der Waals surface area contributed by atoms with Gasteiger partial charge in [0.15, 0.2) is 0 Å². The zero-order valence-electron chi connectivity index (χ0n) is 11.8. The molecular formula is C15H25ClN2OS. The number of thioether (sulfide) groups is 1. The van der Waals surface area contributed by atoms with Gasteiger partial charge in [-0.3, -0.25) is 4.79 Å². The van der Waals surface area contributed by atoms with Crippen molar-refractivity contribution in [1.82, 2.24) is 5.32 Å². The van der Waals surface area contributed by atoms with Crippen molar-refractivity contribution in [1.29, 1.82) is 0 Å². The molecule has 1 aromatic carbocycles. The average molecular weight is 317 g/mol. The van der Waals surface area contributed by atoms with Gasteiger partial charge in [0.25, 0.3) is 0 Å². The molecule has 0 radical (unpaired) electrons. The number of unbranched alkanes of at least 4 members (excludes halogenated alkanes) is 3. The lowest BCUT2D eigenvalue weighted by Crippen LogP contribution is -2.25. The van der Waals surface area contributed by atoms with Crippen LogP contribution in [-0.4, -0.2) is 24.7 Å². The highest BCUT2D eigenvalue weighted by Gasteiger charge is 2.00. The van der Waals surface area contributed by atoms with Gasteiger partial charge in [0, 0.05) is 23.6 Å². The molecule has 0 bridgehead atoms. The summed E-state index contributed by atoms with van der Waals surface area (Å²) >= 11 is 1.77. The third kappa shape index (κ3) is 10.1. The molecule has 0 unspecified atom stereocenters. The monoisotopic (exact) mass is 316 g/mol. The smallest absolute Gasteiger partial charge is 0.220 e. The number of nitrogens with two attached hydrogens (primary N) is 1. The minimum absolute atomic E-state index is 0. The maximum Gasteiger partial charge on any atom is 0.220 e. The van der Waals surface area contributed by atoms with Gasteiger partial charge in [-0.2, -0.15) is 0 Å². The Balaban J connectivity index is 0.00000361. The van der Waals surface area contributed by atoms with Crippen LogP contribution in [0.1, 0.15) is 32.1 Å². The van der Waals surface area contributed by atoms with E-state index in [0.717, 1.165) is 44.5 Å². The second kappa shape index (κ2) is 13.3. The van der Waals surface area contributed by atoms with Crippen LogP contribution >= 0.6 is 24.2 Å². The van der Waals surface area contributed by atoms with Gasteiger partial charge in [0.2, 0.25) is 5.91 Å². The van der Waals surface area contributed by atoms with E-state index in [1.54, 1.807) is 11.8 Å². The molecule has 3 nitrogen and oxygen atoms in total.